The summed E-state index contributed by atoms with van der Waals surface area (Å²) in [7, 11) is 0. The molecular formula is C11H13ClN2O2. The molecule has 0 spiro atoms. The number of hydrogen-bond donors (Lipinski definition) is 1. The molecule has 1 aromatic rings. The van der Waals surface area contributed by atoms with E-state index in [-0.39, 0.29) is 17.9 Å². The molecule has 0 saturated carbocycles. The van der Waals surface area contributed by atoms with E-state index in [9.17, 15) is 4.79 Å². The van der Waals surface area contributed by atoms with Gasteiger partial charge in [-0.05, 0) is 24.5 Å². The summed E-state index contributed by atoms with van der Waals surface area (Å²) in [6, 6.07) is 3.35. The van der Waals surface area contributed by atoms with E-state index in [4.69, 9.17) is 16.3 Å². The third-order valence-corrected chi connectivity index (χ3v) is 2.86. The van der Waals surface area contributed by atoms with Gasteiger partial charge in [0.2, 0.25) is 0 Å². The summed E-state index contributed by atoms with van der Waals surface area (Å²) in [5.41, 5.74) is 0.636. The van der Waals surface area contributed by atoms with E-state index >= 15 is 0 Å². The largest absolute Gasteiger partial charge is 0.368 e. The van der Waals surface area contributed by atoms with Crippen molar-refractivity contribution in [2.45, 2.75) is 19.4 Å². The summed E-state index contributed by atoms with van der Waals surface area (Å²) in [6.45, 7) is 2.66. The second kappa shape index (κ2) is 4.80. The Hall–Kier alpha value is -1.13. The Labute approximate surface area is 99.0 Å². The number of carbonyl (C=O) groups excluding carboxylic acids is 1. The number of pyridine rings is 1. The average molecular weight is 241 g/mol. The molecule has 2 unspecified atom stereocenters. The Morgan fingerprint density at radius 1 is 1.62 bits per heavy atom. The highest BCUT2D eigenvalue weighted by atomic mass is 35.5. The Balaban J connectivity index is 1.99. The van der Waals surface area contributed by atoms with Crippen molar-refractivity contribution in [3.63, 3.8) is 0 Å². The van der Waals surface area contributed by atoms with Crippen LogP contribution in [-0.4, -0.2) is 23.6 Å². The van der Waals surface area contributed by atoms with Crippen LogP contribution in [0.1, 0.15) is 13.3 Å². The number of ether oxygens (including phenoxy) is 1. The van der Waals surface area contributed by atoms with E-state index in [1.165, 1.54) is 6.20 Å². The van der Waals surface area contributed by atoms with Crippen molar-refractivity contribution in [1.29, 1.82) is 0 Å². The molecule has 4 nitrogen and oxygen atoms in total. The molecule has 1 amide bonds. The van der Waals surface area contributed by atoms with Crippen LogP contribution in [0, 0.1) is 5.92 Å². The fourth-order valence-corrected chi connectivity index (χ4v) is 1.81. The summed E-state index contributed by atoms with van der Waals surface area (Å²) >= 11 is 5.65. The summed E-state index contributed by atoms with van der Waals surface area (Å²) in [6.07, 6.45) is 2.10. The van der Waals surface area contributed by atoms with Crippen LogP contribution in [0.5, 0.6) is 0 Å². The smallest absolute Gasteiger partial charge is 0.253 e. The first kappa shape index (κ1) is 11.4. The number of rotatable bonds is 2. The van der Waals surface area contributed by atoms with Crippen molar-refractivity contribution in [3.8, 4) is 0 Å². The van der Waals surface area contributed by atoms with Crippen molar-refractivity contribution in [2.24, 2.45) is 5.92 Å². The van der Waals surface area contributed by atoms with Crippen LogP contribution >= 0.6 is 11.6 Å². The minimum Gasteiger partial charge on any atom is -0.368 e. The molecule has 5 heteroatoms. The number of anilines is 1. The second-order valence-corrected chi connectivity index (χ2v) is 4.30. The van der Waals surface area contributed by atoms with Gasteiger partial charge in [-0.15, -0.1) is 0 Å². The van der Waals surface area contributed by atoms with Gasteiger partial charge in [0.25, 0.3) is 5.91 Å². The highest BCUT2D eigenvalue weighted by Gasteiger charge is 2.30. The SMILES string of the molecule is CC1CCOC1C(=O)Nc1ccc(Cl)nc1. The Morgan fingerprint density at radius 2 is 2.44 bits per heavy atom. The van der Waals surface area contributed by atoms with Crippen molar-refractivity contribution < 1.29 is 9.53 Å². The molecule has 0 aliphatic carbocycles. The lowest BCUT2D eigenvalue weighted by molar-refractivity contribution is -0.126. The van der Waals surface area contributed by atoms with Crippen molar-refractivity contribution in [3.05, 3.63) is 23.5 Å². The first-order valence-corrected chi connectivity index (χ1v) is 5.58. The highest BCUT2D eigenvalue weighted by molar-refractivity contribution is 6.29. The van der Waals surface area contributed by atoms with Crippen LogP contribution in [0.3, 0.4) is 0 Å². The van der Waals surface area contributed by atoms with E-state index in [1.807, 2.05) is 6.92 Å². The van der Waals surface area contributed by atoms with Gasteiger partial charge in [0.1, 0.15) is 11.3 Å². The van der Waals surface area contributed by atoms with Crippen LogP contribution < -0.4 is 5.32 Å². The molecule has 2 rings (SSSR count). The molecule has 86 valence electrons. The Morgan fingerprint density at radius 3 is 3.00 bits per heavy atom. The standard InChI is InChI=1S/C11H13ClN2O2/c1-7-4-5-16-10(7)11(15)14-8-2-3-9(12)13-6-8/h2-3,6-7,10H,4-5H2,1H3,(H,14,15). The molecule has 2 heterocycles. The minimum atomic E-state index is -0.351. The quantitative estimate of drug-likeness (QED) is 0.806. The maximum atomic E-state index is 11.8. The molecule has 0 radical (unpaired) electrons. The summed E-state index contributed by atoms with van der Waals surface area (Å²) in [5.74, 6) is 0.148. The van der Waals surface area contributed by atoms with Gasteiger partial charge in [-0.3, -0.25) is 4.79 Å². The van der Waals surface area contributed by atoms with Crippen LogP contribution in [0.15, 0.2) is 18.3 Å². The molecule has 1 aliphatic rings. The number of amides is 1. The van der Waals surface area contributed by atoms with E-state index < -0.39 is 0 Å². The number of nitrogens with zero attached hydrogens (tertiary/aromatic N) is 1. The van der Waals surface area contributed by atoms with Crippen LogP contribution in [-0.2, 0) is 9.53 Å². The van der Waals surface area contributed by atoms with Gasteiger partial charge < -0.3 is 10.1 Å². The van der Waals surface area contributed by atoms with Gasteiger partial charge in [-0.25, -0.2) is 4.98 Å². The number of halogens is 1. The van der Waals surface area contributed by atoms with Crippen molar-refractivity contribution in [1.82, 2.24) is 4.98 Å². The predicted molar refractivity (Wildman–Crippen MR) is 61.4 cm³/mol. The van der Waals surface area contributed by atoms with Gasteiger partial charge >= 0.3 is 0 Å². The number of aromatic nitrogens is 1. The number of carbonyl (C=O) groups is 1. The molecule has 0 bridgehead atoms. The van der Waals surface area contributed by atoms with E-state index in [0.29, 0.717) is 17.4 Å². The average Bonchev–Trinajstić information content (AvgIpc) is 2.68. The van der Waals surface area contributed by atoms with Crippen LogP contribution in [0.2, 0.25) is 5.15 Å². The summed E-state index contributed by atoms with van der Waals surface area (Å²) in [5, 5.41) is 3.16. The van der Waals surface area contributed by atoms with E-state index in [2.05, 4.69) is 10.3 Å². The predicted octanol–water partition coefficient (Wildman–Crippen LogP) is 2.10. The lowest BCUT2D eigenvalue weighted by Gasteiger charge is -2.14. The molecular weight excluding hydrogens is 228 g/mol. The zero-order valence-corrected chi connectivity index (χ0v) is 9.70. The van der Waals surface area contributed by atoms with Crippen LogP contribution in [0.25, 0.3) is 0 Å². The molecule has 16 heavy (non-hydrogen) atoms. The first-order valence-electron chi connectivity index (χ1n) is 5.21. The van der Waals surface area contributed by atoms with Gasteiger partial charge in [0, 0.05) is 6.61 Å². The minimum absolute atomic E-state index is 0.117. The van der Waals surface area contributed by atoms with Crippen molar-refractivity contribution in [2.75, 3.05) is 11.9 Å². The molecule has 1 aromatic heterocycles. The molecule has 2 atom stereocenters. The first-order chi connectivity index (χ1) is 7.66. The summed E-state index contributed by atoms with van der Waals surface area (Å²) < 4.78 is 5.36. The molecule has 1 saturated heterocycles. The zero-order chi connectivity index (χ0) is 11.5. The van der Waals surface area contributed by atoms with E-state index in [0.717, 1.165) is 6.42 Å². The number of nitrogens with one attached hydrogen (secondary N) is 1. The van der Waals surface area contributed by atoms with Crippen LogP contribution in [0.4, 0.5) is 5.69 Å². The zero-order valence-electron chi connectivity index (χ0n) is 8.94. The van der Waals surface area contributed by atoms with Gasteiger partial charge in [0.05, 0.1) is 11.9 Å². The lowest BCUT2D eigenvalue weighted by atomic mass is 10.0. The molecule has 1 N–H and O–H groups in total. The van der Waals surface area contributed by atoms with Gasteiger partial charge in [-0.1, -0.05) is 18.5 Å². The van der Waals surface area contributed by atoms with Gasteiger partial charge in [0.15, 0.2) is 0 Å². The lowest BCUT2D eigenvalue weighted by Crippen LogP contribution is -2.31. The Kier molecular flexibility index (Phi) is 3.41. The van der Waals surface area contributed by atoms with Crippen molar-refractivity contribution >= 4 is 23.2 Å². The second-order valence-electron chi connectivity index (χ2n) is 3.92. The monoisotopic (exact) mass is 240 g/mol. The van der Waals surface area contributed by atoms with E-state index in [1.54, 1.807) is 12.1 Å². The molecule has 1 aliphatic heterocycles. The normalized spacial score (nSPS) is 24.4. The maximum Gasteiger partial charge on any atom is 0.253 e. The topological polar surface area (TPSA) is 51.2 Å². The Bertz CT molecular complexity index is 380. The number of hydrogen-bond acceptors (Lipinski definition) is 3. The van der Waals surface area contributed by atoms with Gasteiger partial charge in [-0.2, -0.15) is 0 Å². The maximum absolute atomic E-state index is 11.8. The highest BCUT2D eigenvalue weighted by Crippen LogP contribution is 2.21. The third kappa shape index (κ3) is 2.51. The summed E-state index contributed by atoms with van der Waals surface area (Å²) in [4.78, 5) is 15.7. The fourth-order valence-electron chi connectivity index (χ4n) is 1.69. The fraction of sp³-hybridized carbons (Fsp3) is 0.455. The molecule has 1 fully saturated rings. The third-order valence-electron chi connectivity index (χ3n) is 2.64. The molecule has 0 aromatic carbocycles.